The molecule has 5 heteroatoms. The lowest BCUT2D eigenvalue weighted by Crippen LogP contribution is -2.49. The predicted octanol–water partition coefficient (Wildman–Crippen LogP) is 7.68. The van der Waals surface area contributed by atoms with Crippen molar-refractivity contribution in [3.8, 4) is 0 Å². The summed E-state index contributed by atoms with van der Waals surface area (Å²) in [4.78, 5) is 24.9. The van der Waals surface area contributed by atoms with Gasteiger partial charge in [-0.25, -0.2) is 0 Å². The largest absolute Gasteiger partial charge is 0.459 e. The van der Waals surface area contributed by atoms with Crippen LogP contribution in [-0.4, -0.2) is 29.7 Å². The van der Waals surface area contributed by atoms with E-state index in [1.54, 1.807) is 0 Å². The van der Waals surface area contributed by atoms with Gasteiger partial charge < -0.3 is 9.47 Å². The van der Waals surface area contributed by atoms with E-state index in [1.165, 1.54) is 71.1 Å². The lowest BCUT2D eigenvalue weighted by molar-refractivity contribution is -0.163. The smallest absolute Gasteiger partial charge is 0.327 e. The lowest BCUT2D eigenvalue weighted by atomic mass is 10.0. The van der Waals surface area contributed by atoms with Crippen molar-refractivity contribution < 1.29 is 19.1 Å². The average Bonchev–Trinajstić information content (AvgIpc) is 2.81. The third-order valence-electron chi connectivity index (χ3n) is 5.96. The van der Waals surface area contributed by atoms with Crippen LogP contribution >= 0.6 is 0 Å². The zero-order chi connectivity index (χ0) is 26.7. The summed E-state index contributed by atoms with van der Waals surface area (Å²) in [6, 6.07) is 9.05. The third-order valence-corrected chi connectivity index (χ3v) is 5.96. The molecule has 1 aromatic carbocycles. The first kappa shape index (κ1) is 31.9. The molecule has 0 aliphatic rings. The van der Waals surface area contributed by atoms with Crippen molar-refractivity contribution in [3.63, 3.8) is 0 Å². The van der Waals surface area contributed by atoms with Crippen LogP contribution in [0.4, 0.5) is 0 Å². The van der Waals surface area contributed by atoms with Gasteiger partial charge in [0.05, 0.1) is 0 Å². The van der Waals surface area contributed by atoms with Gasteiger partial charge in [0.1, 0.15) is 17.7 Å². The third kappa shape index (κ3) is 16.5. The van der Waals surface area contributed by atoms with Crippen LogP contribution in [0.2, 0.25) is 0 Å². The molecule has 0 fully saturated rings. The van der Waals surface area contributed by atoms with Crippen molar-refractivity contribution in [2.75, 3.05) is 0 Å². The summed E-state index contributed by atoms with van der Waals surface area (Å²) in [5, 5.41) is 3.26. The highest BCUT2D eigenvalue weighted by Crippen LogP contribution is 2.15. The summed E-state index contributed by atoms with van der Waals surface area (Å²) >= 11 is 0. The Morgan fingerprint density at radius 2 is 1.44 bits per heavy atom. The fourth-order valence-corrected chi connectivity index (χ4v) is 4.09. The maximum atomic E-state index is 13.0. The molecule has 0 saturated carbocycles. The maximum Gasteiger partial charge on any atom is 0.327 e. The zero-order valence-corrected chi connectivity index (χ0v) is 23.5. The zero-order valence-electron chi connectivity index (χ0n) is 23.5. The minimum Gasteiger partial charge on any atom is -0.459 e. The van der Waals surface area contributed by atoms with Gasteiger partial charge in [-0.15, -0.1) is 0 Å². The molecule has 0 bridgehead atoms. The van der Waals surface area contributed by atoms with Crippen molar-refractivity contribution in [3.05, 3.63) is 48.0 Å². The maximum absolute atomic E-state index is 13.0. The van der Waals surface area contributed by atoms with E-state index in [4.69, 9.17) is 9.47 Å². The predicted molar refractivity (Wildman–Crippen MR) is 149 cm³/mol. The second-order valence-electron chi connectivity index (χ2n) is 10.7. The van der Waals surface area contributed by atoms with Gasteiger partial charge in [0, 0.05) is 13.5 Å². The molecule has 0 aromatic heterocycles. The van der Waals surface area contributed by atoms with Crippen LogP contribution in [0.1, 0.15) is 117 Å². The van der Waals surface area contributed by atoms with Gasteiger partial charge in [0.25, 0.3) is 0 Å². The van der Waals surface area contributed by atoms with Crippen LogP contribution in [0.25, 0.3) is 0 Å². The molecule has 5 nitrogen and oxygen atoms in total. The van der Waals surface area contributed by atoms with Crippen LogP contribution in [0, 0.1) is 0 Å². The van der Waals surface area contributed by atoms with E-state index >= 15 is 0 Å². The number of hydrogen-bond acceptors (Lipinski definition) is 5. The normalized spacial score (nSPS) is 13.5. The number of rotatable bonds is 19. The lowest BCUT2D eigenvalue weighted by Gasteiger charge is -2.28. The number of hydrogen-bond donors (Lipinski definition) is 1. The highest BCUT2D eigenvalue weighted by atomic mass is 16.6. The van der Waals surface area contributed by atoms with Gasteiger partial charge in [0.15, 0.2) is 0 Å². The molecule has 0 radical (unpaired) electrons. The van der Waals surface area contributed by atoms with Crippen LogP contribution in [0.3, 0.4) is 0 Å². The minimum absolute atomic E-state index is 0.422. The van der Waals surface area contributed by atoms with E-state index in [2.05, 4.69) is 12.2 Å². The van der Waals surface area contributed by atoms with E-state index in [1.807, 2.05) is 63.3 Å². The summed E-state index contributed by atoms with van der Waals surface area (Å²) in [6.45, 7) is 9.60. The van der Waals surface area contributed by atoms with E-state index in [9.17, 15) is 9.59 Å². The molecule has 36 heavy (non-hydrogen) atoms. The Kier molecular flexibility index (Phi) is 16.9. The quantitative estimate of drug-likeness (QED) is 0.120. The van der Waals surface area contributed by atoms with Gasteiger partial charge in [-0.3, -0.25) is 14.9 Å². The fraction of sp³-hybridized carbons (Fsp3) is 0.677. The molecule has 0 amide bonds. The van der Waals surface area contributed by atoms with E-state index < -0.39 is 29.7 Å². The van der Waals surface area contributed by atoms with Gasteiger partial charge in [0.2, 0.25) is 0 Å². The van der Waals surface area contributed by atoms with Gasteiger partial charge in [-0.05, 0) is 45.3 Å². The molecular formula is C31H51NO4. The van der Waals surface area contributed by atoms with Gasteiger partial charge >= 0.3 is 11.9 Å². The molecule has 1 N–H and O–H groups in total. The summed E-state index contributed by atoms with van der Waals surface area (Å²) in [7, 11) is 0. The van der Waals surface area contributed by atoms with Crippen molar-refractivity contribution >= 4 is 11.9 Å². The molecule has 0 saturated heterocycles. The van der Waals surface area contributed by atoms with Gasteiger partial charge in [-0.1, -0.05) is 108 Å². The number of nitrogens with one attached hydrogen (secondary N) is 1. The summed E-state index contributed by atoms with van der Waals surface area (Å²) in [5.41, 5.74) is 0.404. The second-order valence-corrected chi connectivity index (χ2v) is 10.7. The number of ether oxygens (including phenoxy) is 2. The number of allylic oxidation sites excluding steroid dienone is 1. The fourth-order valence-electron chi connectivity index (χ4n) is 4.09. The van der Waals surface area contributed by atoms with Crippen LogP contribution in [0.15, 0.2) is 42.5 Å². The molecular weight excluding hydrogens is 450 g/mol. The molecule has 1 rings (SSSR count). The molecule has 2 atom stereocenters. The molecule has 0 heterocycles. The average molecular weight is 502 g/mol. The Morgan fingerprint density at radius 1 is 0.889 bits per heavy atom. The molecule has 0 aliphatic carbocycles. The van der Waals surface area contributed by atoms with Crippen LogP contribution in [0.5, 0.6) is 0 Å². The Morgan fingerprint density at radius 3 is 1.97 bits per heavy atom. The first-order valence-corrected chi connectivity index (χ1v) is 14.1. The number of carbonyl (C=O) groups is 2. The Labute approximate surface area is 220 Å². The minimum atomic E-state index is -0.790. The molecule has 0 unspecified atom stereocenters. The Hall–Kier alpha value is -2.14. The first-order valence-electron chi connectivity index (χ1n) is 14.1. The Balaban J connectivity index is 2.56. The van der Waals surface area contributed by atoms with Crippen molar-refractivity contribution in [1.29, 1.82) is 0 Å². The molecule has 1 aromatic rings. The SMILES string of the molecule is CCCCCCCCCCCCC/C=C/[C@H](OC(C)=O)[C@@H](NCc1ccccc1)C(=O)OC(C)(C)C. The number of unbranched alkanes of at least 4 members (excludes halogenated alkanes) is 11. The summed E-state index contributed by atoms with van der Waals surface area (Å²) < 4.78 is 11.2. The van der Waals surface area contributed by atoms with Crippen LogP contribution in [-0.2, 0) is 25.6 Å². The first-order chi connectivity index (χ1) is 17.2. The summed E-state index contributed by atoms with van der Waals surface area (Å²) in [5.74, 6) is -0.849. The molecule has 0 spiro atoms. The van der Waals surface area contributed by atoms with Gasteiger partial charge in [-0.2, -0.15) is 0 Å². The van der Waals surface area contributed by atoms with Crippen molar-refractivity contribution in [2.45, 2.75) is 136 Å². The standard InChI is InChI=1S/C31H51NO4/c1-6-7-8-9-10-11-12-13-14-15-16-17-21-24-28(35-26(2)33)29(30(34)36-31(3,4)5)32-25-27-22-19-18-20-23-27/h18-24,28-29,32H,6-17,25H2,1-5H3/b24-21+/t28-,29+/m0/s1. The number of esters is 2. The van der Waals surface area contributed by atoms with E-state index in [-0.39, 0.29) is 0 Å². The highest BCUT2D eigenvalue weighted by molar-refractivity contribution is 5.78. The molecule has 0 aliphatic heterocycles. The van der Waals surface area contributed by atoms with E-state index in [0.717, 1.165) is 18.4 Å². The van der Waals surface area contributed by atoms with Crippen molar-refractivity contribution in [1.82, 2.24) is 5.32 Å². The second kappa shape index (κ2) is 19.0. The summed E-state index contributed by atoms with van der Waals surface area (Å²) in [6.07, 6.45) is 18.4. The highest BCUT2D eigenvalue weighted by Gasteiger charge is 2.32. The topological polar surface area (TPSA) is 64.6 Å². The number of benzene rings is 1. The van der Waals surface area contributed by atoms with Crippen LogP contribution < -0.4 is 5.32 Å². The Bertz CT molecular complexity index is 739. The van der Waals surface area contributed by atoms with E-state index in [0.29, 0.717) is 6.54 Å². The van der Waals surface area contributed by atoms with Crippen molar-refractivity contribution in [2.24, 2.45) is 0 Å². The number of carbonyl (C=O) groups excluding carboxylic acids is 2. The monoisotopic (exact) mass is 501 g/mol. The molecule has 204 valence electrons.